The molecule has 0 saturated heterocycles. The van der Waals surface area contributed by atoms with Crippen molar-refractivity contribution in [3.05, 3.63) is 44.2 Å². The molecule has 1 aromatic heterocycles. The second-order valence-corrected chi connectivity index (χ2v) is 6.03. The monoisotopic (exact) mass is 390 g/mol. The Kier molecular flexibility index (Phi) is 6.10. The molecule has 0 fully saturated rings. The smallest absolute Gasteiger partial charge is 0.344 e. The minimum absolute atomic E-state index is 0.176. The van der Waals surface area contributed by atoms with Crippen LogP contribution in [0.1, 0.15) is 28.7 Å². The molecule has 0 saturated carbocycles. The number of benzene rings is 1. The number of esters is 1. The largest absolute Gasteiger partial charge is 0.452 e. The maximum Gasteiger partial charge on any atom is 0.344 e. The summed E-state index contributed by atoms with van der Waals surface area (Å²) in [6.07, 6.45) is 0.504. The van der Waals surface area contributed by atoms with E-state index in [0.717, 1.165) is 0 Å². The summed E-state index contributed by atoms with van der Waals surface area (Å²) in [6.45, 7) is 2.91. The highest BCUT2D eigenvalue weighted by Crippen LogP contribution is 2.33. The van der Waals surface area contributed by atoms with E-state index in [1.165, 1.54) is 12.1 Å². The van der Waals surface area contributed by atoms with Crippen molar-refractivity contribution in [2.24, 2.45) is 0 Å². The van der Waals surface area contributed by atoms with Gasteiger partial charge in [0.25, 0.3) is 5.91 Å². The van der Waals surface area contributed by atoms with Crippen LogP contribution in [0.5, 0.6) is 0 Å². The molecule has 1 amide bonds. The molecule has 0 aliphatic carbocycles. The summed E-state index contributed by atoms with van der Waals surface area (Å²) >= 11 is 17.7. The molecule has 0 radical (unpaired) electrons. The van der Waals surface area contributed by atoms with Gasteiger partial charge in [-0.05, 0) is 25.5 Å². The van der Waals surface area contributed by atoms with E-state index in [2.05, 4.69) is 10.5 Å². The number of anilines is 1. The normalized spacial score (nSPS) is 10.5. The summed E-state index contributed by atoms with van der Waals surface area (Å²) < 4.78 is 9.94. The minimum atomic E-state index is -0.686. The van der Waals surface area contributed by atoms with E-state index >= 15 is 0 Å². The van der Waals surface area contributed by atoms with E-state index in [0.29, 0.717) is 22.9 Å². The molecule has 9 heteroatoms. The number of nitrogens with zero attached hydrogens (tertiary/aromatic N) is 1. The average molecular weight is 392 g/mol. The van der Waals surface area contributed by atoms with Crippen molar-refractivity contribution in [2.45, 2.75) is 20.3 Å². The third kappa shape index (κ3) is 4.20. The van der Waals surface area contributed by atoms with E-state index in [-0.39, 0.29) is 21.3 Å². The summed E-state index contributed by atoms with van der Waals surface area (Å²) in [4.78, 5) is 24.0. The highest BCUT2D eigenvalue weighted by molar-refractivity contribution is 6.42. The second kappa shape index (κ2) is 7.88. The molecule has 1 N–H and O–H groups in total. The number of nitrogens with one attached hydrogen (secondary N) is 1. The van der Waals surface area contributed by atoms with Crippen molar-refractivity contribution in [2.75, 3.05) is 11.9 Å². The lowest BCUT2D eigenvalue weighted by Crippen LogP contribution is -2.21. The van der Waals surface area contributed by atoms with Crippen molar-refractivity contribution < 1.29 is 18.8 Å². The Hall–Kier alpha value is -1.76. The van der Waals surface area contributed by atoms with Crippen LogP contribution in [0.2, 0.25) is 15.1 Å². The summed E-state index contributed by atoms with van der Waals surface area (Å²) in [7, 11) is 0. The predicted molar refractivity (Wildman–Crippen MR) is 91.0 cm³/mol. The van der Waals surface area contributed by atoms with Gasteiger partial charge in [-0.25, -0.2) is 4.79 Å². The van der Waals surface area contributed by atoms with Gasteiger partial charge in [-0.3, -0.25) is 4.79 Å². The van der Waals surface area contributed by atoms with Crippen LogP contribution in [0, 0.1) is 6.92 Å². The fraction of sp³-hybridized carbons (Fsp3) is 0.267. The third-order valence-corrected chi connectivity index (χ3v) is 3.89. The molecule has 24 heavy (non-hydrogen) atoms. The van der Waals surface area contributed by atoms with E-state index in [1.807, 2.05) is 6.92 Å². The molecule has 6 nitrogen and oxygen atoms in total. The minimum Gasteiger partial charge on any atom is -0.452 e. The molecule has 0 aliphatic rings. The molecule has 1 heterocycles. The number of amides is 1. The van der Waals surface area contributed by atoms with Gasteiger partial charge in [0.1, 0.15) is 11.3 Å². The lowest BCUT2D eigenvalue weighted by atomic mass is 10.1. The highest BCUT2D eigenvalue weighted by Gasteiger charge is 2.21. The van der Waals surface area contributed by atoms with Crippen LogP contribution >= 0.6 is 34.8 Å². The van der Waals surface area contributed by atoms with Gasteiger partial charge in [-0.1, -0.05) is 46.9 Å². The number of aromatic nitrogens is 1. The highest BCUT2D eigenvalue weighted by atomic mass is 35.5. The molecule has 2 rings (SSSR count). The SMILES string of the molecule is CCc1noc(C)c1C(=O)OCC(=O)Nc1c(Cl)cc(Cl)cc1Cl. The van der Waals surface area contributed by atoms with Crippen LogP contribution < -0.4 is 5.32 Å². The van der Waals surface area contributed by atoms with Gasteiger partial charge in [0.15, 0.2) is 6.61 Å². The van der Waals surface area contributed by atoms with Crippen LogP contribution in [0.3, 0.4) is 0 Å². The maximum absolute atomic E-state index is 12.1. The fourth-order valence-electron chi connectivity index (χ4n) is 1.96. The van der Waals surface area contributed by atoms with Crippen molar-refractivity contribution in [3.63, 3.8) is 0 Å². The van der Waals surface area contributed by atoms with Gasteiger partial charge in [0.05, 0.1) is 21.4 Å². The zero-order chi connectivity index (χ0) is 17.9. The van der Waals surface area contributed by atoms with Crippen LogP contribution in [0.25, 0.3) is 0 Å². The number of halogens is 3. The molecule has 1 aromatic carbocycles. The molecule has 0 atom stereocenters. The van der Waals surface area contributed by atoms with Gasteiger partial charge in [0.2, 0.25) is 0 Å². The van der Waals surface area contributed by atoms with Gasteiger partial charge >= 0.3 is 5.97 Å². The van der Waals surface area contributed by atoms with Crippen LogP contribution in [-0.4, -0.2) is 23.6 Å². The van der Waals surface area contributed by atoms with Crippen LogP contribution in [0.4, 0.5) is 5.69 Å². The van der Waals surface area contributed by atoms with E-state index in [9.17, 15) is 9.59 Å². The molecule has 0 unspecified atom stereocenters. The van der Waals surface area contributed by atoms with E-state index in [1.54, 1.807) is 6.92 Å². The first-order chi connectivity index (χ1) is 11.3. The van der Waals surface area contributed by atoms with Crippen molar-refractivity contribution in [1.82, 2.24) is 5.16 Å². The first-order valence-electron chi connectivity index (χ1n) is 6.90. The maximum atomic E-state index is 12.1. The van der Waals surface area contributed by atoms with Gasteiger partial charge in [-0.15, -0.1) is 0 Å². The van der Waals surface area contributed by atoms with Crippen molar-refractivity contribution >= 4 is 52.4 Å². The summed E-state index contributed by atoms with van der Waals surface area (Å²) in [5, 5.41) is 6.92. The molecule has 2 aromatic rings. The Morgan fingerprint density at radius 1 is 1.25 bits per heavy atom. The van der Waals surface area contributed by atoms with Crippen molar-refractivity contribution in [3.8, 4) is 0 Å². The zero-order valence-electron chi connectivity index (χ0n) is 12.8. The van der Waals surface area contributed by atoms with Crippen molar-refractivity contribution in [1.29, 1.82) is 0 Å². The number of ether oxygens (including phenoxy) is 1. The Morgan fingerprint density at radius 3 is 2.46 bits per heavy atom. The lowest BCUT2D eigenvalue weighted by Gasteiger charge is -2.10. The number of carbonyl (C=O) groups is 2. The fourth-order valence-corrected chi connectivity index (χ4v) is 2.87. The second-order valence-electron chi connectivity index (χ2n) is 4.78. The summed E-state index contributed by atoms with van der Waals surface area (Å²) in [6, 6.07) is 2.87. The van der Waals surface area contributed by atoms with Crippen LogP contribution in [-0.2, 0) is 16.0 Å². The predicted octanol–water partition coefficient (Wildman–Crippen LogP) is 4.30. The Morgan fingerprint density at radius 2 is 1.88 bits per heavy atom. The number of hydrogen-bond acceptors (Lipinski definition) is 5. The molecule has 128 valence electrons. The number of rotatable bonds is 5. The van der Waals surface area contributed by atoms with E-state index < -0.39 is 18.5 Å². The first kappa shape index (κ1) is 18.6. The summed E-state index contributed by atoms with van der Waals surface area (Å²) in [5.74, 6) is -0.947. The number of aryl methyl sites for hydroxylation is 2. The molecule has 0 aliphatic heterocycles. The number of hydrogen-bond donors (Lipinski definition) is 1. The molecule has 0 bridgehead atoms. The van der Waals surface area contributed by atoms with Crippen LogP contribution in [0.15, 0.2) is 16.7 Å². The topological polar surface area (TPSA) is 81.4 Å². The molecular formula is C15H13Cl3N2O4. The Bertz CT molecular complexity index is 766. The third-order valence-electron chi connectivity index (χ3n) is 3.08. The van der Waals surface area contributed by atoms with Gasteiger partial charge < -0.3 is 14.6 Å². The molecular weight excluding hydrogens is 379 g/mol. The number of carbonyl (C=O) groups excluding carboxylic acids is 2. The standard InChI is InChI=1S/C15H13Cl3N2O4/c1-3-11-13(7(2)24-20-11)15(22)23-6-12(21)19-14-9(17)4-8(16)5-10(14)18/h4-5H,3,6H2,1-2H3,(H,19,21). The average Bonchev–Trinajstić information content (AvgIpc) is 2.89. The zero-order valence-corrected chi connectivity index (χ0v) is 15.1. The summed E-state index contributed by atoms with van der Waals surface area (Å²) in [5.41, 5.74) is 0.897. The first-order valence-corrected chi connectivity index (χ1v) is 8.03. The van der Waals surface area contributed by atoms with Gasteiger partial charge in [0, 0.05) is 5.02 Å². The Balaban J connectivity index is 2.01. The van der Waals surface area contributed by atoms with E-state index in [4.69, 9.17) is 44.1 Å². The van der Waals surface area contributed by atoms with Gasteiger partial charge in [-0.2, -0.15) is 0 Å². The quantitative estimate of drug-likeness (QED) is 0.768. The molecule has 0 spiro atoms. The lowest BCUT2D eigenvalue weighted by molar-refractivity contribution is -0.119. The Labute approximate surface area is 153 Å².